The highest BCUT2D eigenvalue weighted by atomic mass is 79.9. The summed E-state index contributed by atoms with van der Waals surface area (Å²) < 4.78 is 0.956. The molecule has 2 heterocycles. The number of pyridine rings is 1. The van der Waals surface area contributed by atoms with Gasteiger partial charge in [0.15, 0.2) is 0 Å². The Hall–Kier alpha value is -2.80. The van der Waals surface area contributed by atoms with Crippen LogP contribution in [0, 0.1) is 6.92 Å². The van der Waals surface area contributed by atoms with Crippen LogP contribution in [0.15, 0.2) is 59.3 Å². The zero-order chi connectivity index (χ0) is 17.6. The molecule has 0 atom stereocenters. The molecule has 0 saturated heterocycles. The van der Waals surface area contributed by atoms with Gasteiger partial charge in [-0.15, -0.1) is 0 Å². The molecule has 1 aromatic carbocycles. The first-order chi connectivity index (χ1) is 12.1. The van der Waals surface area contributed by atoms with Crippen LogP contribution in [0.25, 0.3) is 0 Å². The van der Waals surface area contributed by atoms with E-state index in [-0.39, 0.29) is 5.91 Å². The molecule has 0 radical (unpaired) electrons. The summed E-state index contributed by atoms with van der Waals surface area (Å²) in [4.78, 5) is 24.9. The van der Waals surface area contributed by atoms with Crippen molar-refractivity contribution in [3.05, 3.63) is 76.4 Å². The van der Waals surface area contributed by atoms with Gasteiger partial charge in [0.25, 0.3) is 5.91 Å². The second-order valence-corrected chi connectivity index (χ2v) is 6.28. The third kappa shape index (κ3) is 4.84. The minimum atomic E-state index is -0.258. The van der Waals surface area contributed by atoms with Crippen LogP contribution >= 0.6 is 15.9 Å². The Morgan fingerprint density at radius 1 is 1.16 bits per heavy atom. The molecule has 1 amide bonds. The first kappa shape index (κ1) is 17.0. The zero-order valence-corrected chi connectivity index (χ0v) is 15.1. The van der Waals surface area contributed by atoms with Crippen molar-refractivity contribution in [2.75, 3.05) is 5.32 Å². The monoisotopic (exact) mass is 397 g/mol. The third-order valence-electron chi connectivity index (χ3n) is 3.34. The number of carbonyl (C=O) groups excluding carboxylic acids is 1. The Bertz CT molecular complexity index is 886. The summed E-state index contributed by atoms with van der Waals surface area (Å²) in [6.45, 7) is 2.15. The summed E-state index contributed by atoms with van der Waals surface area (Å²) in [6, 6.07) is 13.1. The number of amides is 1. The van der Waals surface area contributed by atoms with Crippen LogP contribution in [0.5, 0.6) is 0 Å². The van der Waals surface area contributed by atoms with E-state index in [9.17, 15) is 4.79 Å². The molecule has 3 rings (SSSR count). The maximum absolute atomic E-state index is 12.4. The van der Waals surface area contributed by atoms with Gasteiger partial charge >= 0.3 is 0 Å². The first-order valence-corrected chi connectivity index (χ1v) is 8.45. The average Bonchev–Trinajstić information content (AvgIpc) is 2.60. The number of hydrogen-bond acceptors (Lipinski definition) is 5. The predicted octanol–water partition coefficient (Wildman–Crippen LogP) is 3.62. The van der Waals surface area contributed by atoms with Gasteiger partial charge in [0.05, 0.1) is 0 Å². The predicted molar refractivity (Wildman–Crippen MR) is 99.6 cm³/mol. The molecule has 2 aromatic heterocycles. The van der Waals surface area contributed by atoms with Gasteiger partial charge in [0, 0.05) is 35.2 Å². The lowest BCUT2D eigenvalue weighted by molar-refractivity contribution is 0.0945. The molecule has 2 N–H and O–H groups in total. The van der Waals surface area contributed by atoms with Crippen molar-refractivity contribution in [2.24, 2.45) is 0 Å². The third-order valence-corrected chi connectivity index (χ3v) is 3.84. The molecule has 0 aliphatic heterocycles. The number of benzene rings is 1. The minimum Gasteiger partial charge on any atom is -0.347 e. The van der Waals surface area contributed by atoms with E-state index in [0.717, 1.165) is 15.7 Å². The molecule has 0 bridgehead atoms. The summed E-state index contributed by atoms with van der Waals surface area (Å²) >= 11 is 3.43. The lowest BCUT2D eigenvalue weighted by Gasteiger charge is -2.09. The largest absolute Gasteiger partial charge is 0.347 e. The standard InChI is InChI=1S/C18H16BrN5O/c1-12-22-16(18(25)21-11-13-4-3-7-20-10-13)9-17(23-12)24-15-6-2-5-14(19)8-15/h2-10H,11H2,1H3,(H,21,25)(H,22,23,24). The lowest BCUT2D eigenvalue weighted by Crippen LogP contribution is -2.24. The highest BCUT2D eigenvalue weighted by Crippen LogP contribution is 2.19. The number of carbonyl (C=O) groups is 1. The Balaban J connectivity index is 1.73. The van der Waals surface area contributed by atoms with E-state index in [4.69, 9.17) is 0 Å². The molecule has 0 saturated carbocycles. The SMILES string of the molecule is Cc1nc(Nc2cccc(Br)c2)cc(C(=O)NCc2cccnc2)n1. The number of anilines is 2. The number of aromatic nitrogens is 3. The van der Waals surface area contributed by atoms with Gasteiger partial charge in [-0.3, -0.25) is 9.78 Å². The van der Waals surface area contributed by atoms with Crippen molar-refractivity contribution >= 4 is 33.3 Å². The van der Waals surface area contributed by atoms with Crippen molar-refractivity contribution in [3.63, 3.8) is 0 Å². The van der Waals surface area contributed by atoms with Crippen LogP contribution in [-0.4, -0.2) is 20.9 Å². The molecule has 0 spiro atoms. The molecule has 3 aromatic rings. The van der Waals surface area contributed by atoms with Gasteiger partial charge in [-0.05, 0) is 36.8 Å². The second-order valence-electron chi connectivity index (χ2n) is 5.36. The summed E-state index contributed by atoms with van der Waals surface area (Å²) in [7, 11) is 0. The van der Waals surface area contributed by atoms with Crippen LogP contribution < -0.4 is 10.6 Å². The van der Waals surface area contributed by atoms with E-state index in [2.05, 4.69) is 41.5 Å². The van der Waals surface area contributed by atoms with Crippen LogP contribution in [0.1, 0.15) is 21.9 Å². The number of nitrogens with one attached hydrogen (secondary N) is 2. The van der Waals surface area contributed by atoms with Crippen LogP contribution in [-0.2, 0) is 6.54 Å². The second kappa shape index (κ2) is 7.85. The number of aryl methyl sites for hydroxylation is 1. The maximum Gasteiger partial charge on any atom is 0.270 e. The lowest BCUT2D eigenvalue weighted by atomic mass is 10.2. The summed E-state index contributed by atoms with van der Waals surface area (Å²) in [5.74, 6) is 0.829. The number of rotatable bonds is 5. The fourth-order valence-corrected chi connectivity index (χ4v) is 2.64. The summed E-state index contributed by atoms with van der Waals surface area (Å²) in [5, 5.41) is 6.02. The molecule has 25 heavy (non-hydrogen) atoms. The molecule has 126 valence electrons. The molecule has 0 aliphatic rings. The summed E-state index contributed by atoms with van der Waals surface area (Å²) in [6.07, 6.45) is 3.41. The number of halogens is 1. The Kier molecular flexibility index (Phi) is 5.35. The van der Waals surface area contributed by atoms with E-state index < -0.39 is 0 Å². The average molecular weight is 398 g/mol. The van der Waals surface area contributed by atoms with Crippen molar-refractivity contribution in [2.45, 2.75) is 13.5 Å². The van der Waals surface area contributed by atoms with Crippen LogP contribution in [0.3, 0.4) is 0 Å². The summed E-state index contributed by atoms with van der Waals surface area (Å²) in [5.41, 5.74) is 2.11. The Morgan fingerprint density at radius 2 is 2.04 bits per heavy atom. The molecule has 6 nitrogen and oxygen atoms in total. The fraction of sp³-hybridized carbons (Fsp3) is 0.111. The molecule has 7 heteroatoms. The minimum absolute atomic E-state index is 0.258. The molecular weight excluding hydrogens is 382 g/mol. The maximum atomic E-state index is 12.4. The van der Waals surface area contributed by atoms with E-state index in [1.807, 2.05) is 36.4 Å². The van der Waals surface area contributed by atoms with E-state index in [1.54, 1.807) is 25.4 Å². The molecule has 0 fully saturated rings. The van der Waals surface area contributed by atoms with Gasteiger partial charge < -0.3 is 10.6 Å². The quantitative estimate of drug-likeness (QED) is 0.687. The molecular formula is C18H16BrN5O. The molecule has 0 unspecified atom stereocenters. The Morgan fingerprint density at radius 3 is 2.80 bits per heavy atom. The van der Waals surface area contributed by atoms with E-state index in [0.29, 0.717) is 23.9 Å². The smallest absolute Gasteiger partial charge is 0.270 e. The molecule has 0 aliphatic carbocycles. The normalized spacial score (nSPS) is 10.3. The van der Waals surface area contributed by atoms with Crippen molar-refractivity contribution in [1.82, 2.24) is 20.3 Å². The van der Waals surface area contributed by atoms with Gasteiger partial charge in [0.2, 0.25) is 0 Å². The fourth-order valence-electron chi connectivity index (χ4n) is 2.24. The van der Waals surface area contributed by atoms with Crippen molar-refractivity contribution in [3.8, 4) is 0 Å². The highest BCUT2D eigenvalue weighted by Gasteiger charge is 2.11. The van der Waals surface area contributed by atoms with Crippen molar-refractivity contribution in [1.29, 1.82) is 0 Å². The first-order valence-electron chi connectivity index (χ1n) is 7.65. The van der Waals surface area contributed by atoms with Gasteiger partial charge in [-0.2, -0.15) is 0 Å². The topological polar surface area (TPSA) is 79.8 Å². The van der Waals surface area contributed by atoms with Gasteiger partial charge in [-0.1, -0.05) is 28.1 Å². The number of nitrogens with zero attached hydrogens (tertiary/aromatic N) is 3. The van der Waals surface area contributed by atoms with E-state index >= 15 is 0 Å². The van der Waals surface area contributed by atoms with Crippen molar-refractivity contribution < 1.29 is 4.79 Å². The van der Waals surface area contributed by atoms with Gasteiger partial charge in [-0.25, -0.2) is 9.97 Å². The Labute approximate surface area is 153 Å². The zero-order valence-electron chi connectivity index (χ0n) is 13.5. The van der Waals surface area contributed by atoms with Gasteiger partial charge in [0.1, 0.15) is 17.3 Å². The van der Waals surface area contributed by atoms with Crippen LogP contribution in [0.4, 0.5) is 11.5 Å². The number of hydrogen-bond donors (Lipinski definition) is 2. The van der Waals surface area contributed by atoms with Crippen LogP contribution in [0.2, 0.25) is 0 Å². The highest BCUT2D eigenvalue weighted by molar-refractivity contribution is 9.10. The van der Waals surface area contributed by atoms with E-state index in [1.165, 1.54) is 0 Å².